The number of halogens is 3. The molecule has 0 saturated carbocycles. The van der Waals surface area contributed by atoms with E-state index in [0.29, 0.717) is 11.1 Å². The summed E-state index contributed by atoms with van der Waals surface area (Å²) < 4.78 is 33.9. The lowest BCUT2D eigenvalue weighted by atomic mass is 10.00. The Labute approximate surface area is 166 Å². The monoisotopic (exact) mass is 392 g/mol. The third kappa shape index (κ3) is 6.99. The van der Waals surface area contributed by atoms with Crippen molar-refractivity contribution in [3.63, 3.8) is 0 Å². The van der Waals surface area contributed by atoms with Crippen LogP contribution >= 0.6 is 11.6 Å². The molecule has 0 aliphatic heterocycles. The van der Waals surface area contributed by atoms with Crippen molar-refractivity contribution in [2.75, 3.05) is 6.61 Å². The summed E-state index contributed by atoms with van der Waals surface area (Å²) in [4.78, 5) is 0. The Balaban J connectivity index is 1.97. The maximum absolute atomic E-state index is 14.5. The molecule has 2 aromatic rings. The number of rotatable bonds is 11. The summed E-state index contributed by atoms with van der Waals surface area (Å²) in [6.45, 7) is 2.39. The number of benzene rings is 2. The van der Waals surface area contributed by atoms with Gasteiger partial charge in [-0.3, -0.25) is 0 Å². The van der Waals surface area contributed by atoms with Gasteiger partial charge in [-0.1, -0.05) is 68.8 Å². The van der Waals surface area contributed by atoms with Crippen molar-refractivity contribution in [1.82, 2.24) is 0 Å². The van der Waals surface area contributed by atoms with Gasteiger partial charge in [-0.05, 0) is 48.2 Å². The van der Waals surface area contributed by atoms with E-state index in [2.05, 4.69) is 6.92 Å². The zero-order valence-corrected chi connectivity index (χ0v) is 16.6. The van der Waals surface area contributed by atoms with Crippen molar-refractivity contribution in [1.29, 1.82) is 0 Å². The minimum Gasteiger partial charge on any atom is -0.486 e. The van der Waals surface area contributed by atoms with E-state index in [0.717, 1.165) is 18.4 Å². The van der Waals surface area contributed by atoms with Gasteiger partial charge in [0.1, 0.15) is 12.4 Å². The average molecular weight is 393 g/mol. The molecule has 0 fully saturated rings. The van der Waals surface area contributed by atoms with Crippen LogP contribution in [0.1, 0.15) is 51.0 Å². The Hall–Kier alpha value is -1.87. The Kier molecular flexibility index (Phi) is 9.34. The van der Waals surface area contributed by atoms with Gasteiger partial charge < -0.3 is 4.74 Å². The molecule has 2 rings (SSSR count). The Morgan fingerprint density at radius 2 is 1.70 bits per heavy atom. The smallest absolute Gasteiger partial charge is 0.165 e. The molecule has 0 unspecified atom stereocenters. The topological polar surface area (TPSA) is 9.23 Å². The van der Waals surface area contributed by atoms with Gasteiger partial charge in [-0.2, -0.15) is 0 Å². The molecule has 0 atom stereocenters. The first-order valence-corrected chi connectivity index (χ1v) is 10.1. The normalized spacial score (nSPS) is 11.3. The summed E-state index contributed by atoms with van der Waals surface area (Å²) in [6, 6.07) is 9.69. The molecular formula is C23H27ClF2O. The van der Waals surface area contributed by atoms with Gasteiger partial charge in [-0.15, -0.1) is 0 Å². The molecule has 146 valence electrons. The van der Waals surface area contributed by atoms with Crippen molar-refractivity contribution in [3.8, 4) is 16.9 Å². The molecule has 1 nitrogen and oxygen atoms in total. The fourth-order valence-electron chi connectivity index (χ4n) is 3.02. The van der Waals surface area contributed by atoms with E-state index in [9.17, 15) is 8.78 Å². The first-order chi connectivity index (χ1) is 13.2. The molecule has 0 aromatic heterocycles. The summed E-state index contributed by atoms with van der Waals surface area (Å²) in [5.41, 5.74) is 3.19. The highest BCUT2D eigenvalue weighted by Crippen LogP contribution is 2.28. The molecule has 0 aliphatic carbocycles. The van der Waals surface area contributed by atoms with Gasteiger partial charge >= 0.3 is 0 Å². The quantitative estimate of drug-likeness (QED) is 0.356. The zero-order chi connectivity index (χ0) is 19.5. The van der Waals surface area contributed by atoms with Crippen LogP contribution in [-0.2, 0) is 6.42 Å². The first-order valence-electron chi connectivity index (χ1n) is 9.62. The van der Waals surface area contributed by atoms with E-state index in [4.69, 9.17) is 16.3 Å². The summed E-state index contributed by atoms with van der Waals surface area (Å²) in [7, 11) is 0. The van der Waals surface area contributed by atoms with Crippen LogP contribution in [0.15, 0.2) is 48.0 Å². The summed E-state index contributed by atoms with van der Waals surface area (Å²) >= 11 is 5.41. The molecule has 0 saturated heterocycles. The standard InChI is InChI=1S/C23H27ClF2O/c1-2-3-4-5-6-7-9-18-10-12-20(21(25)16-18)19-11-13-23(22(26)17-19)27-15-8-14-24/h8,10-14,16-17H,2-7,9,15H2,1H3/b14-8+. The molecule has 0 amide bonds. The van der Waals surface area contributed by atoms with Crippen LogP contribution in [0.4, 0.5) is 8.78 Å². The third-order valence-corrected chi connectivity index (χ3v) is 4.70. The number of unbranched alkanes of at least 4 members (excludes halogenated alkanes) is 5. The van der Waals surface area contributed by atoms with Crippen molar-refractivity contribution in [2.24, 2.45) is 0 Å². The first kappa shape index (κ1) is 21.4. The van der Waals surface area contributed by atoms with Gasteiger partial charge in [0.15, 0.2) is 11.6 Å². The number of aryl methyl sites for hydroxylation is 1. The van der Waals surface area contributed by atoms with Crippen LogP contribution in [0.25, 0.3) is 11.1 Å². The van der Waals surface area contributed by atoms with E-state index in [1.54, 1.807) is 24.3 Å². The van der Waals surface area contributed by atoms with Gasteiger partial charge in [0, 0.05) is 11.1 Å². The van der Waals surface area contributed by atoms with Crippen molar-refractivity contribution < 1.29 is 13.5 Å². The van der Waals surface area contributed by atoms with Crippen molar-refractivity contribution in [3.05, 3.63) is 65.2 Å². The van der Waals surface area contributed by atoms with Crippen LogP contribution in [0.3, 0.4) is 0 Å². The molecular weight excluding hydrogens is 366 g/mol. The highest BCUT2D eigenvalue weighted by atomic mass is 35.5. The lowest BCUT2D eigenvalue weighted by molar-refractivity contribution is 0.342. The molecule has 0 heterocycles. The fraction of sp³-hybridized carbons (Fsp3) is 0.391. The van der Waals surface area contributed by atoms with Crippen LogP contribution in [0.5, 0.6) is 5.75 Å². The average Bonchev–Trinajstić information content (AvgIpc) is 2.66. The molecule has 0 bridgehead atoms. The van der Waals surface area contributed by atoms with E-state index < -0.39 is 5.82 Å². The maximum Gasteiger partial charge on any atom is 0.165 e. The van der Waals surface area contributed by atoms with Crippen molar-refractivity contribution >= 4 is 11.6 Å². The van der Waals surface area contributed by atoms with Crippen LogP contribution in [0, 0.1) is 11.6 Å². The molecule has 0 N–H and O–H groups in total. The summed E-state index contributed by atoms with van der Waals surface area (Å²) in [5, 5.41) is 0. The second kappa shape index (κ2) is 11.8. The zero-order valence-electron chi connectivity index (χ0n) is 15.8. The van der Waals surface area contributed by atoms with Crippen LogP contribution in [0.2, 0.25) is 0 Å². The molecule has 0 spiro atoms. The number of hydrogen-bond acceptors (Lipinski definition) is 1. The highest BCUT2D eigenvalue weighted by Gasteiger charge is 2.10. The number of hydrogen-bond donors (Lipinski definition) is 0. The summed E-state index contributed by atoms with van der Waals surface area (Å²) in [6.07, 6.45) is 9.72. The van der Waals surface area contributed by atoms with Gasteiger partial charge in [0.05, 0.1) is 0 Å². The molecule has 27 heavy (non-hydrogen) atoms. The number of ether oxygens (including phenoxy) is 1. The van der Waals surface area contributed by atoms with Gasteiger partial charge in [0.25, 0.3) is 0 Å². The molecule has 2 aromatic carbocycles. The highest BCUT2D eigenvalue weighted by molar-refractivity contribution is 6.25. The Morgan fingerprint density at radius 3 is 2.41 bits per heavy atom. The molecule has 0 radical (unpaired) electrons. The SMILES string of the molecule is CCCCCCCCc1ccc(-c2ccc(OC/C=C/Cl)c(F)c2)c(F)c1. The predicted octanol–water partition coefficient (Wildman–Crippen LogP) is 7.67. The van der Waals surface area contributed by atoms with E-state index in [1.165, 1.54) is 49.8 Å². The van der Waals surface area contributed by atoms with Gasteiger partial charge in [-0.25, -0.2) is 8.78 Å². The molecule has 0 aliphatic rings. The van der Waals surface area contributed by atoms with Crippen molar-refractivity contribution in [2.45, 2.75) is 51.9 Å². The fourth-order valence-corrected chi connectivity index (χ4v) is 3.09. The minimum atomic E-state index is -0.522. The lowest BCUT2D eigenvalue weighted by Gasteiger charge is -2.09. The minimum absolute atomic E-state index is 0.119. The van der Waals surface area contributed by atoms with Crippen LogP contribution in [-0.4, -0.2) is 6.61 Å². The largest absolute Gasteiger partial charge is 0.486 e. The van der Waals surface area contributed by atoms with Crippen LogP contribution < -0.4 is 4.74 Å². The molecule has 4 heteroatoms. The lowest BCUT2D eigenvalue weighted by Crippen LogP contribution is -1.96. The maximum atomic E-state index is 14.5. The van der Waals surface area contributed by atoms with E-state index in [1.807, 2.05) is 6.07 Å². The van der Waals surface area contributed by atoms with E-state index in [-0.39, 0.29) is 18.2 Å². The predicted molar refractivity (Wildman–Crippen MR) is 109 cm³/mol. The van der Waals surface area contributed by atoms with E-state index >= 15 is 0 Å². The second-order valence-electron chi connectivity index (χ2n) is 6.65. The third-order valence-electron chi connectivity index (χ3n) is 4.52. The summed E-state index contributed by atoms with van der Waals surface area (Å²) in [5.74, 6) is -0.726. The Morgan fingerprint density at radius 1 is 0.926 bits per heavy atom. The van der Waals surface area contributed by atoms with Gasteiger partial charge in [0.2, 0.25) is 0 Å². The second-order valence-corrected chi connectivity index (χ2v) is 6.90. The Bertz CT molecular complexity index is 743.